The highest BCUT2D eigenvalue weighted by atomic mass is 32.1. The minimum Gasteiger partial charge on any atom is -0.359 e. The Morgan fingerprint density at radius 1 is 1.22 bits per heavy atom. The Labute approximate surface area is 112 Å². The lowest BCUT2D eigenvalue weighted by Crippen LogP contribution is -2.45. The van der Waals surface area contributed by atoms with Crippen molar-refractivity contribution in [2.75, 3.05) is 0 Å². The van der Waals surface area contributed by atoms with Gasteiger partial charge in [-0.05, 0) is 62.8 Å². The number of hydrazine groups is 1. The third-order valence-corrected chi connectivity index (χ3v) is 2.39. The largest absolute Gasteiger partial charge is 0.359 e. The molecule has 0 bridgehead atoms. The van der Waals surface area contributed by atoms with Gasteiger partial charge >= 0.3 is 0 Å². The van der Waals surface area contributed by atoms with E-state index in [1.54, 1.807) is 12.1 Å². The molecule has 1 aromatic carbocycles. The van der Waals surface area contributed by atoms with Crippen molar-refractivity contribution in [3.05, 3.63) is 41.7 Å². The van der Waals surface area contributed by atoms with Gasteiger partial charge in [0.2, 0.25) is 0 Å². The average molecular weight is 267 g/mol. The van der Waals surface area contributed by atoms with E-state index in [0.717, 1.165) is 11.3 Å². The van der Waals surface area contributed by atoms with Crippen LogP contribution >= 0.6 is 12.2 Å². The van der Waals surface area contributed by atoms with Crippen molar-refractivity contribution in [1.82, 2.24) is 16.2 Å². The van der Waals surface area contributed by atoms with Crippen LogP contribution in [0.15, 0.2) is 30.3 Å². The van der Waals surface area contributed by atoms with Gasteiger partial charge in [0, 0.05) is 6.04 Å². The minimum absolute atomic E-state index is 0.251. The van der Waals surface area contributed by atoms with Crippen molar-refractivity contribution >= 4 is 23.0 Å². The summed E-state index contributed by atoms with van der Waals surface area (Å²) in [6.07, 6.45) is 1.89. The number of halogens is 1. The molecule has 5 heteroatoms. The molecule has 1 aromatic rings. The highest BCUT2D eigenvalue weighted by Crippen LogP contribution is 2.11. The van der Waals surface area contributed by atoms with E-state index in [2.05, 4.69) is 16.2 Å². The standard InChI is InChI=1S/C13H18FN3S/c1-4-12(10-5-7-11(14)8-6-10)16-17-13(18)15-9(2)3/h4-9,16H,1-3H3,(H2,15,17,18)/b12-4-. The summed E-state index contributed by atoms with van der Waals surface area (Å²) in [6.45, 7) is 5.90. The maximum atomic E-state index is 12.8. The first-order chi connectivity index (χ1) is 8.52. The third-order valence-electron chi connectivity index (χ3n) is 2.17. The number of hydrogen-bond acceptors (Lipinski definition) is 2. The first-order valence-electron chi connectivity index (χ1n) is 5.77. The van der Waals surface area contributed by atoms with Crippen molar-refractivity contribution in [3.8, 4) is 0 Å². The SMILES string of the molecule is C/C=C(\NNC(=S)NC(C)C)c1ccc(F)cc1. The van der Waals surface area contributed by atoms with E-state index in [0.29, 0.717) is 5.11 Å². The first kappa shape index (κ1) is 14.4. The van der Waals surface area contributed by atoms with E-state index in [9.17, 15) is 4.39 Å². The Bertz CT molecular complexity index is 426. The van der Waals surface area contributed by atoms with Crippen LogP contribution in [0, 0.1) is 5.82 Å². The summed E-state index contributed by atoms with van der Waals surface area (Å²) in [6, 6.07) is 6.53. The molecule has 98 valence electrons. The smallest absolute Gasteiger partial charge is 0.185 e. The van der Waals surface area contributed by atoms with E-state index >= 15 is 0 Å². The van der Waals surface area contributed by atoms with Crippen LogP contribution < -0.4 is 16.2 Å². The minimum atomic E-state index is -0.251. The van der Waals surface area contributed by atoms with Crippen molar-refractivity contribution in [1.29, 1.82) is 0 Å². The highest BCUT2D eigenvalue weighted by molar-refractivity contribution is 7.80. The molecule has 0 saturated carbocycles. The summed E-state index contributed by atoms with van der Waals surface area (Å²) in [5, 5.41) is 3.57. The molecule has 0 fully saturated rings. The lowest BCUT2D eigenvalue weighted by molar-refractivity contribution is 0.627. The number of hydrogen-bond donors (Lipinski definition) is 3. The molecule has 18 heavy (non-hydrogen) atoms. The van der Waals surface area contributed by atoms with Crippen LogP contribution in [0.25, 0.3) is 5.70 Å². The van der Waals surface area contributed by atoms with Gasteiger partial charge in [0.05, 0.1) is 5.70 Å². The van der Waals surface area contributed by atoms with Crippen molar-refractivity contribution in [3.63, 3.8) is 0 Å². The Kier molecular flexibility index (Phi) is 5.58. The van der Waals surface area contributed by atoms with Gasteiger partial charge in [0.1, 0.15) is 5.82 Å². The quantitative estimate of drug-likeness (QED) is 0.579. The second kappa shape index (κ2) is 6.96. The van der Waals surface area contributed by atoms with Gasteiger partial charge < -0.3 is 5.32 Å². The molecule has 0 aliphatic rings. The molecule has 3 nitrogen and oxygen atoms in total. The maximum absolute atomic E-state index is 12.8. The van der Waals surface area contributed by atoms with Gasteiger partial charge in [-0.3, -0.25) is 10.9 Å². The van der Waals surface area contributed by atoms with Crippen molar-refractivity contribution in [2.45, 2.75) is 26.8 Å². The fourth-order valence-corrected chi connectivity index (χ4v) is 1.65. The van der Waals surface area contributed by atoms with Crippen LogP contribution in [0.4, 0.5) is 4.39 Å². The molecule has 0 heterocycles. The summed E-state index contributed by atoms with van der Waals surface area (Å²) in [5.74, 6) is -0.251. The Balaban J connectivity index is 2.58. The van der Waals surface area contributed by atoms with E-state index in [4.69, 9.17) is 12.2 Å². The molecule has 1 rings (SSSR count). The highest BCUT2D eigenvalue weighted by Gasteiger charge is 2.02. The third kappa shape index (κ3) is 4.71. The Morgan fingerprint density at radius 3 is 2.33 bits per heavy atom. The number of allylic oxidation sites excluding steroid dienone is 1. The summed E-state index contributed by atoms with van der Waals surface area (Å²) < 4.78 is 12.8. The molecule has 0 spiro atoms. The molecule has 0 saturated heterocycles. The van der Waals surface area contributed by atoms with Gasteiger partial charge in [-0.1, -0.05) is 6.08 Å². The first-order valence-corrected chi connectivity index (χ1v) is 6.18. The molecule has 0 aromatic heterocycles. The van der Waals surface area contributed by atoms with E-state index < -0.39 is 0 Å². The molecule has 0 atom stereocenters. The van der Waals surface area contributed by atoms with Crippen LogP contribution in [0.5, 0.6) is 0 Å². The van der Waals surface area contributed by atoms with Gasteiger partial charge in [-0.15, -0.1) is 0 Å². The van der Waals surface area contributed by atoms with Crippen molar-refractivity contribution < 1.29 is 4.39 Å². The molecular weight excluding hydrogens is 249 g/mol. The second-order valence-electron chi connectivity index (χ2n) is 4.09. The van der Waals surface area contributed by atoms with Crippen LogP contribution in [0.3, 0.4) is 0 Å². The zero-order chi connectivity index (χ0) is 13.5. The second-order valence-corrected chi connectivity index (χ2v) is 4.50. The Hall–Kier alpha value is -1.62. The van der Waals surface area contributed by atoms with Crippen LogP contribution in [-0.2, 0) is 0 Å². The van der Waals surface area contributed by atoms with Crippen LogP contribution in [0.1, 0.15) is 26.3 Å². The number of thiocarbonyl (C=S) groups is 1. The zero-order valence-electron chi connectivity index (χ0n) is 10.8. The van der Waals surface area contributed by atoms with E-state index in [1.807, 2.05) is 26.8 Å². The molecule has 0 aliphatic carbocycles. The lowest BCUT2D eigenvalue weighted by atomic mass is 10.1. The topological polar surface area (TPSA) is 36.1 Å². The fraction of sp³-hybridized carbons (Fsp3) is 0.308. The average Bonchev–Trinajstić information content (AvgIpc) is 2.31. The fourth-order valence-electron chi connectivity index (χ4n) is 1.36. The van der Waals surface area contributed by atoms with E-state index in [-0.39, 0.29) is 11.9 Å². The monoisotopic (exact) mass is 267 g/mol. The van der Waals surface area contributed by atoms with Gasteiger partial charge in [0.25, 0.3) is 0 Å². The van der Waals surface area contributed by atoms with E-state index in [1.165, 1.54) is 12.1 Å². The predicted molar refractivity (Wildman–Crippen MR) is 77.2 cm³/mol. The van der Waals surface area contributed by atoms with Crippen molar-refractivity contribution in [2.24, 2.45) is 0 Å². The molecule has 3 N–H and O–H groups in total. The summed E-state index contributed by atoms with van der Waals surface area (Å²) in [5.41, 5.74) is 7.61. The summed E-state index contributed by atoms with van der Waals surface area (Å²) >= 11 is 5.10. The molecule has 0 aliphatic heterocycles. The van der Waals surface area contributed by atoms with Gasteiger partial charge in [0.15, 0.2) is 5.11 Å². The normalized spacial score (nSPS) is 11.3. The Morgan fingerprint density at radius 2 is 1.83 bits per heavy atom. The molecule has 0 amide bonds. The zero-order valence-corrected chi connectivity index (χ0v) is 11.6. The predicted octanol–water partition coefficient (Wildman–Crippen LogP) is 2.56. The maximum Gasteiger partial charge on any atom is 0.185 e. The molecular formula is C13H18FN3S. The van der Waals surface area contributed by atoms with Gasteiger partial charge in [-0.25, -0.2) is 4.39 Å². The van der Waals surface area contributed by atoms with Crippen LogP contribution in [-0.4, -0.2) is 11.2 Å². The van der Waals surface area contributed by atoms with Gasteiger partial charge in [-0.2, -0.15) is 0 Å². The molecule has 0 radical (unpaired) electrons. The molecule has 0 unspecified atom stereocenters. The summed E-state index contributed by atoms with van der Waals surface area (Å²) in [4.78, 5) is 0. The number of benzene rings is 1. The lowest BCUT2D eigenvalue weighted by Gasteiger charge is -2.16. The number of rotatable bonds is 4. The summed E-state index contributed by atoms with van der Waals surface area (Å²) in [7, 11) is 0. The van der Waals surface area contributed by atoms with Crippen LogP contribution in [0.2, 0.25) is 0 Å². The number of nitrogens with one attached hydrogen (secondary N) is 3.